The molecule has 0 amide bonds. The molecule has 0 saturated heterocycles. The van der Waals surface area contributed by atoms with Crippen LogP contribution in [0.5, 0.6) is 11.5 Å². The van der Waals surface area contributed by atoms with Crippen LogP contribution in [0.2, 0.25) is 0 Å². The molecule has 0 aromatic heterocycles. The number of aliphatic hydroxyl groups excluding tert-OH is 1. The molecule has 19 heavy (non-hydrogen) atoms. The summed E-state index contributed by atoms with van der Waals surface area (Å²) in [6, 6.07) is 3.92. The summed E-state index contributed by atoms with van der Waals surface area (Å²) in [5, 5.41) is 8.92. The van der Waals surface area contributed by atoms with E-state index in [9.17, 15) is 0 Å². The Balaban J connectivity index is 2.90. The molecule has 1 aromatic rings. The van der Waals surface area contributed by atoms with Crippen molar-refractivity contribution in [2.75, 3.05) is 33.9 Å². The molecule has 0 atom stereocenters. The van der Waals surface area contributed by atoms with Crippen LogP contribution in [0.15, 0.2) is 16.6 Å². The lowest BCUT2D eigenvalue weighted by Crippen LogP contribution is -2.25. The smallest absolute Gasteiger partial charge is 0.133 e. The molecule has 0 radical (unpaired) electrons. The Morgan fingerprint density at radius 2 is 1.89 bits per heavy atom. The Bertz CT molecular complexity index is 399. The molecule has 1 rings (SSSR count). The molecule has 1 aromatic carbocycles. The summed E-state index contributed by atoms with van der Waals surface area (Å²) < 4.78 is 11.6. The lowest BCUT2D eigenvalue weighted by molar-refractivity contribution is 0.223. The molecule has 5 heteroatoms. The summed E-state index contributed by atoms with van der Waals surface area (Å²) in [4.78, 5) is 2.27. The van der Waals surface area contributed by atoms with Crippen molar-refractivity contribution in [1.29, 1.82) is 0 Å². The number of aliphatic hydroxyl groups is 1. The number of rotatable bonds is 8. The van der Waals surface area contributed by atoms with Crippen molar-refractivity contribution in [3.63, 3.8) is 0 Å². The highest BCUT2D eigenvalue weighted by Crippen LogP contribution is 2.33. The van der Waals surface area contributed by atoms with Gasteiger partial charge < -0.3 is 14.6 Å². The van der Waals surface area contributed by atoms with Crippen molar-refractivity contribution in [3.05, 3.63) is 22.2 Å². The third kappa shape index (κ3) is 4.67. The van der Waals surface area contributed by atoms with E-state index in [0.29, 0.717) is 0 Å². The van der Waals surface area contributed by atoms with Gasteiger partial charge in [-0.2, -0.15) is 0 Å². The first-order chi connectivity index (χ1) is 9.15. The molecule has 0 fully saturated rings. The third-order valence-electron chi connectivity index (χ3n) is 3.03. The maximum absolute atomic E-state index is 8.92. The molecule has 4 nitrogen and oxygen atoms in total. The molecule has 1 N–H and O–H groups in total. The van der Waals surface area contributed by atoms with Crippen molar-refractivity contribution >= 4 is 15.9 Å². The SMILES string of the molecule is CCN(CCCO)Cc1cc(OC)c(Br)cc1OC. The Morgan fingerprint density at radius 3 is 2.42 bits per heavy atom. The first kappa shape index (κ1) is 16.3. The lowest BCUT2D eigenvalue weighted by atomic mass is 10.1. The van der Waals surface area contributed by atoms with E-state index in [1.807, 2.05) is 12.1 Å². The number of hydrogen-bond donors (Lipinski definition) is 1. The van der Waals surface area contributed by atoms with E-state index in [1.54, 1.807) is 14.2 Å². The van der Waals surface area contributed by atoms with Gasteiger partial charge in [0.05, 0.1) is 18.7 Å². The summed E-state index contributed by atoms with van der Waals surface area (Å²) in [5.41, 5.74) is 1.09. The first-order valence-electron chi connectivity index (χ1n) is 6.39. The van der Waals surface area contributed by atoms with Crippen LogP contribution < -0.4 is 9.47 Å². The maximum Gasteiger partial charge on any atom is 0.133 e. The van der Waals surface area contributed by atoms with Crippen LogP contribution in [0.1, 0.15) is 18.9 Å². The summed E-state index contributed by atoms with van der Waals surface area (Å²) >= 11 is 3.46. The average Bonchev–Trinajstić information content (AvgIpc) is 2.44. The molecule has 0 aliphatic heterocycles. The van der Waals surface area contributed by atoms with Crippen LogP contribution in [0.3, 0.4) is 0 Å². The molecule has 0 bridgehead atoms. The predicted octanol–water partition coefficient (Wildman–Crippen LogP) is 2.67. The fourth-order valence-electron chi connectivity index (χ4n) is 1.93. The zero-order chi connectivity index (χ0) is 14.3. The molecule has 0 heterocycles. The zero-order valence-electron chi connectivity index (χ0n) is 11.8. The maximum atomic E-state index is 8.92. The number of hydrogen-bond acceptors (Lipinski definition) is 4. The Labute approximate surface area is 123 Å². The summed E-state index contributed by atoms with van der Waals surface area (Å²) in [7, 11) is 3.32. The second kappa shape index (κ2) is 8.40. The van der Waals surface area contributed by atoms with E-state index < -0.39 is 0 Å². The predicted molar refractivity (Wildman–Crippen MR) is 79.9 cm³/mol. The number of nitrogens with zero attached hydrogens (tertiary/aromatic N) is 1. The molecule has 0 spiro atoms. The zero-order valence-corrected chi connectivity index (χ0v) is 13.4. The van der Waals surface area contributed by atoms with Crippen LogP contribution in [-0.4, -0.2) is 43.9 Å². The monoisotopic (exact) mass is 331 g/mol. The van der Waals surface area contributed by atoms with Crippen LogP contribution in [-0.2, 0) is 6.54 Å². The van der Waals surface area contributed by atoms with Crippen molar-refractivity contribution in [3.8, 4) is 11.5 Å². The van der Waals surface area contributed by atoms with Gasteiger partial charge >= 0.3 is 0 Å². The molecular weight excluding hydrogens is 310 g/mol. The van der Waals surface area contributed by atoms with E-state index in [-0.39, 0.29) is 6.61 Å². The standard InChI is InChI=1S/C14H22BrNO3/c1-4-16(6-5-7-17)10-11-8-14(19-3)12(15)9-13(11)18-2/h8-9,17H,4-7,10H2,1-3H3. The fourth-order valence-corrected chi connectivity index (χ4v) is 2.42. The van der Waals surface area contributed by atoms with E-state index in [1.165, 1.54) is 0 Å². The van der Waals surface area contributed by atoms with Crippen molar-refractivity contribution in [1.82, 2.24) is 4.90 Å². The second-order valence-electron chi connectivity index (χ2n) is 4.24. The summed E-state index contributed by atoms with van der Waals surface area (Å²) in [6.07, 6.45) is 0.782. The Kier molecular flexibility index (Phi) is 7.20. The molecule has 108 valence electrons. The van der Waals surface area contributed by atoms with Crippen molar-refractivity contribution < 1.29 is 14.6 Å². The molecular formula is C14H22BrNO3. The van der Waals surface area contributed by atoms with Crippen molar-refractivity contribution in [2.24, 2.45) is 0 Å². The molecule has 0 aliphatic rings. The van der Waals surface area contributed by atoms with Gasteiger partial charge in [0.2, 0.25) is 0 Å². The van der Waals surface area contributed by atoms with Gasteiger partial charge in [-0.15, -0.1) is 0 Å². The summed E-state index contributed by atoms with van der Waals surface area (Å²) in [6.45, 7) is 4.91. The van der Waals surface area contributed by atoms with Gasteiger partial charge in [-0.1, -0.05) is 6.92 Å². The van der Waals surface area contributed by atoms with E-state index >= 15 is 0 Å². The van der Waals surface area contributed by atoms with Gasteiger partial charge in [0, 0.05) is 25.3 Å². The number of ether oxygens (including phenoxy) is 2. The molecule has 0 unspecified atom stereocenters. The largest absolute Gasteiger partial charge is 0.496 e. The topological polar surface area (TPSA) is 41.9 Å². The quantitative estimate of drug-likeness (QED) is 0.795. The fraction of sp³-hybridized carbons (Fsp3) is 0.571. The number of methoxy groups -OCH3 is 2. The molecule has 0 aliphatic carbocycles. The average molecular weight is 332 g/mol. The normalized spacial score (nSPS) is 10.8. The third-order valence-corrected chi connectivity index (χ3v) is 3.65. The minimum atomic E-state index is 0.220. The van der Waals surface area contributed by atoms with Gasteiger partial charge in [0.15, 0.2) is 0 Å². The van der Waals surface area contributed by atoms with E-state index in [4.69, 9.17) is 14.6 Å². The van der Waals surface area contributed by atoms with Crippen LogP contribution in [0.4, 0.5) is 0 Å². The molecule has 0 saturated carbocycles. The van der Waals surface area contributed by atoms with Gasteiger partial charge in [-0.05, 0) is 41.0 Å². The lowest BCUT2D eigenvalue weighted by Gasteiger charge is -2.22. The number of benzene rings is 1. The highest BCUT2D eigenvalue weighted by molar-refractivity contribution is 9.10. The van der Waals surface area contributed by atoms with Crippen LogP contribution in [0, 0.1) is 0 Å². The highest BCUT2D eigenvalue weighted by Gasteiger charge is 2.12. The van der Waals surface area contributed by atoms with Gasteiger partial charge in [0.1, 0.15) is 11.5 Å². The minimum Gasteiger partial charge on any atom is -0.496 e. The van der Waals surface area contributed by atoms with Crippen LogP contribution >= 0.6 is 15.9 Å². The Hall–Kier alpha value is -0.780. The van der Waals surface area contributed by atoms with Crippen molar-refractivity contribution in [2.45, 2.75) is 19.9 Å². The minimum absolute atomic E-state index is 0.220. The van der Waals surface area contributed by atoms with Gasteiger partial charge in [0.25, 0.3) is 0 Å². The Morgan fingerprint density at radius 1 is 1.21 bits per heavy atom. The van der Waals surface area contributed by atoms with Gasteiger partial charge in [-0.3, -0.25) is 4.90 Å². The van der Waals surface area contributed by atoms with E-state index in [0.717, 1.165) is 47.6 Å². The van der Waals surface area contributed by atoms with E-state index in [2.05, 4.69) is 27.8 Å². The highest BCUT2D eigenvalue weighted by atomic mass is 79.9. The second-order valence-corrected chi connectivity index (χ2v) is 5.10. The van der Waals surface area contributed by atoms with Crippen LogP contribution in [0.25, 0.3) is 0 Å². The number of halogens is 1. The summed E-state index contributed by atoms with van der Waals surface area (Å²) in [5.74, 6) is 1.64. The first-order valence-corrected chi connectivity index (χ1v) is 7.19. The van der Waals surface area contributed by atoms with Gasteiger partial charge in [-0.25, -0.2) is 0 Å².